The highest BCUT2D eigenvalue weighted by Gasteiger charge is 2.42. The first-order valence-corrected chi connectivity index (χ1v) is 6.93. The van der Waals surface area contributed by atoms with Crippen LogP contribution in [0, 0.1) is 12.3 Å². The van der Waals surface area contributed by atoms with Gasteiger partial charge in [-0.3, -0.25) is 14.6 Å². The van der Waals surface area contributed by atoms with Crippen LogP contribution in [0.3, 0.4) is 0 Å². The molecule has 5 heteroatoms. The summed E-state index contributed by atoms with van der Waals surface area (Å²) >= 11 is 0. The monoisotopic (exact) mass is 288 g/mol. The number of ether oxygens (including phenoxy) is 1. The van der Waals surface area contributed by atoms with Crippen molar-refractivity contribution < 1.29 is 14.3 Å². The van der Waals surface area contributed by atoms with E-state index in [1.165, 1.54) is 13.2 Å². The third-order valence-electron chi connectivity index (χ3n) is 3.82. The van der Waals surface area contributed by atoms with Crippen LogP contribution in [0.1, 0.15) is 24.6 Å². The van der Waals surface area contributed by atoms with Crippen molar-refractivity contribution in [2.45, 2.75) is 20.3 Å². The number of aromatic nitrogens is 1. The van der Waals surface area contributed by atoms with E-state index in [-0.39, 0.29) is 11.9 Å². The molecule has 1 aliphatic rings. The molecule has 1 aromatic heterocycles. The molecule has 1 unspecified atom stereocenters. The van der Waals surface area contributed by atoms with Gasteiger partial charge in [-0.15, -0.1) is 0 Å². The van der Waals surface area contributed by atoms with Crippen LogP contribution < -0.4 is 0 Å². The first kappa shape index (κ1) is 15.2. The molecule has 0 saturated carbocycles. The van der Waals surface area contributed by atoms with Crippen molar-refractivity contribution in [3.8, 4) is 0 Å². The molecular formula is C16H20N2O3. The summed E-state index contributed by atoms with van der Waals surface area (Å²) in [6, 6.07) is 3.81. The van der Waals surface area contributed by atoms with E-state index in [1.807, 2.05) is 26.0 Å². The number of likely N-dealkylation sites (tertiary alicyclic amines) is 1. The summed E-state index contributed by atoms with van der Waals surface area (Å²) < 4.78 is 4.80. The molecule has 0 N–H and O–H groups in total. The number of aryl methyl sites for hydroxylation is 1. The van der Waals surface area contributed by atoms with Crippen LogP contribution in [0.5, 0.6) is 0 Å². The number of pyridine rings is 1. The molecule has 1 atom stereocenters. The highest BCUT2D eigenvalue weighted by Crippen LogP contribution is 2.31. The summed E-state index contributed by atoms with van der Waals surface area (Å²) in [5.74, 6) is -0.354. The van der Waals surface area contributed by atoms with E-state index in [4.69, 9.17) is 4.74 Å². The summed E-state index contributed by atoms with van der Waals surface area (Å²) in [5, 5.41) is 0. The van der Waals surface area contributed by atoms with E-state index >= 15 is 0 Å². The number of carbonyl (C=O) groups is 2. The third-order valence-corrected chi connectivity index (χ3v) is 3.82. The molecule has 2 heterocycles. The van der Waals surface area contributed by atoms with E-state index < -0.39 is 5.41 Å². The van der Waals surface area contributed by atoms with E-state index in [2.05, 4.69) is 4.98 Å². The molecule has 0 aliphatic carbocycles. The first-order chi connectivity index (χ1) is 9.94. The minimum absolute atomic E-state index is 0.0943. The van der Waals surface area contributed by atoms with Crippen molar-refractivity contribution in [3.63, 3.8) is 0 Å². The Labute approximate surface area is 124 Å². The largest absolute Gasteiger partial charge is 0.469 e. The van der Waals surface area contributed by atoms with Gasteiger partial charge in [0.15, 0.2) is 0 Å². The molecule has 0 bridgehead atoms. The van der Waals surface area contributed by atoms with E-state index in [1.54, 1.807) is 17.2 Å². The number of amides is 1. The summed E-state index contributed by atoms with van der Waals surface area (Å²) in [5.41, 5.74) is 1.22. The van der Waals surface area contributed by atoms with Crippen molar-refractivity contribution in [1.82, 2.24) is 9.88 Å². The summed E-state index contributed by atoms with van der Waals surface area (Å²) in [4.78, 5) is 29.7. The molecule has 1 amide bonds. The van der Waals surface area contributed by atoms with E-state index in [0.29, 0.717) is 19.5 Å². The first-order valence-electron chi connectivity index (χ1n) is 6.93. The fourth-order valence-electron chi connectivity index (χ4n) is 2.41. The summed E-state index contributed by atoms with van der Waals surface area (Å²) in [7, 11) is 1.38. The quantitative estimate of drug-likeness (QED) is 0.629. The molecule has 2 rings (SSSR count). The van der Waals surface area contributed by atoms with Crippen LogP contribution in [0.15, 0.2) is 24.4 Å². The predicted octanol–water partition coefficient (Wildman–Crippen LogP) is 1.81. The zero-order valence-electron chi connectivity index (χ0n) is 12.6. The number of hydrogen-bond acceptors (Lipinski definition) is 4. The fourth-order valence-corrected chi connectivity index (χ4v) is 2.41. The number of rotatable bonds is 3. The molecule has 1 saturated heterocycles. The normalized spacial score (nSPS) is 21.8. The van der Waals surface area contributed by atoms with Gasteiger partial charge in [0.2, 0.25) is 5.91 Å². The number of methoxy groups -OCH3 is 1. The average Bonchev–Trinajstić information content (AvgIpc) is 2.89. The van der Waals surface area contributed by atoms with Crippen molar-refractivity contribution in [2.75, 3.05) is 20.2 Å². The van der Waals surface area contributed by atoms with Crippen LogP contribution in [0.2, 0.25) is 0 Å². The molecule has 21 heavy (non-hydrogen) atoms. The Hall–Kier alpha value is -2.17. The Balaban J connectivity index is 1.99. The second-order valence-electron chi connectivity index (χ2n) is 5.63. The zero-order valence-corrected chi connectivity index (χ0v) is 12.6. The molecule has 5 nitrogen and oxygen atoms in total. The summed E-state index contributed by atoms with van der Waals surface area (Å²) in [6.07, 6.45) is 5.62. The minimum atomic E-state index is -0.594. The van der Waals surface area contributed by atoms with Crippen molar-refractivity contribution >= 4 is 18.0 Å². The maximum absolute atomic E-state index is 12.2. The Kier molecular flexibility index (Phi) is 4.40. The van der Waals surface area contributed by atoms with Crippen molar-refractivity contribution in [3.05, 3.63) is 35.7 Å². The number of nitrogens with zero attached hydrogens (tertiary/aromatic N) is 2. The van der Waals surface area contributed by atoms with Gasteiger partial charge in [-0.05, 0) is 38.0 Å². The zero-order chi connectivity index (χ0) is 15.5. The molecule has 0 aromatic carbocycles. The Bertz CT molecular complexity index is 565. The molecule has 112 valence electrons. The van der Waals surface area contributed by atoms with Gasteiger partial charge in [-0.2, -0.15) is 0 Å². The number of carbonyl (C=O) groups excluding carboxylic acids is 2. The SMILES string of the molecule is COC(=O)C1(C)CCN(C(=O)/C=C/c2ccc(C)nc2)C1. The van der Waals surface area contributed by atoms with Gasteiger partial charge in [0, 0.05) is 31.1 Å². The van der Waals surface area contributed by atoms with Crippen LogP contribution in [0.4, 0.5) is 0 Å². The van der Waals surface area contributed by atoms with Gasteiger partial charge < -0.3 is 9.64 Å². The van der Waals surface area contributed by atoms with Crippen LogP contribution in [-0.4, -0.2) is 42.0 Å². The van der Waals surface area contributed by atoms with E-state index in [0.717, 1.165) is 11.3 Å². The smallest absolute Gasteiger partial charge is 0.313 e. The van der Waals surface area contributed by atoms with Crippen LogP contribution in [0.25, 0.3) is 6.08 Å². The van der Waals surface area contributed by atoms with Gasteiger partial charge in [-0.1, -0.05) is 6.07 Å². The second-order valence-corrected chi connectivity index (χ2v) is 5.63. The Morgan fingerprint density at radius 2 is 2.19 bits per heavy atom. The Morgan fingerprint density at radius 3 is 2.81 bits per heavy atom. The van der Waals surface area contributed by atoms with Crippen LogP contribution >= 0.6 is 0 Å². The number of hydrogen-bond donors (Lipinski definition) is 0. The van der Waals surface area contributed by atoms with Crippen molar-refractivity contribution in [2.24, 2.45) is 5.41 Å². The highest BCUT2D eigenvalue weighted by molar-refractivity contribution is 5.92. The summed E-state index contributed by atoms with van der Waals surface area (Å²) in [6.45, 7) is 4.71. The maximum atomic E-state index is 12.2. The molecule has 1 aromatic rings. The topological polar surface area (TPSA) is 59.5 Å². The van der Waals surface area contributed by atoms with Crippen molar-refractivity contribution in [1.29, 1.82) is 0 Å². The van der Waals surface area contributed by atoms with Gasteiger partial charge in [0.25, 0.3) is 0 Å². The molecular weight excluding hydrogens is 268 g/mol. The highest BCUT2D eigenvalue weighted by atomic mass is 16.5. The molecule has 0 spiro atoms. The maximum Gasteiger partial charge on any atom is 0.313 e. The lowest BCUT2D eigenvalue weighted by Gasteiger charge is -2.21. The lowest BCUT2D eigenvalue weighted by Crippen LogP contribution is -2.34. The van der Waals surface area contributed by atoms with E-state index in [9.17, 15) is 9.59 Å². The van der Waals surface area contributed by atoms with Crippen LogP contribution in [-0.2, 0) is 14.3 Å². The van der Waals surface area contributed by atoms with Gasteiger partial charge in [0.05, 0.1) is 12.5 Å². The molecule has 1 fully saturated rings. The lowest BCUT2D eigenvalue weighted by atomic mass is 9.90. The molecule has 1 aliphatic heterocycles. The fraction of sp³-hybridized carbons (Fsp3) is 0.438. The predicted molar refractivity (Wildman–Crippen MR) is 79.3 cm³/mol. The standard InChI is InChI=1S/C16H20N2O3/c1-12-4-5-13(10-17-12)6-7-14(19)18-9-8-16(2,11-18)15(20)21-3/h4-7,10H,8-9,11H2,1-3H3/b7-6+. The average molecular weight is 288 g/mol. The Morgan fingerprint density at radius 1 is 1.43 bits per heavy atom. The van der Waals surface area contributed by atoms with Gasteiger partial charge in [0.1, 0.15) is 0 Å². The molecule has 0 radical (unpaired) electrons. The van der Waals surface area contributed by atoms with Gasteiger partial charge in [-0.25, -0.2) is 0 Å². The number of esters is 1. The van der Waals surface area contributed by atoms with Gasteiger partial charge >= 0.3 is 5.97 Å². The lowest BCUT2D eigenvalue weighted by molar-refractivity contribution is -0.151. The third kappa shape index (κ3) is 3.48. The second kappa shape index (κ2) is 6.08. The minimum Gasteiger partial charge on any atom is -0.469 e.